The van der Waals surface area contributed by atoms with Gasteiger partial charge in [-0.15, -0.1) is 12.4 Å². The van der Waals surface area contributed by atoms with E-state index in [-0.39, 0.29) is 23.2 Å². The standard InChI is InChI=1S/C20H31N3O3S.ClH/c1-3-23(4-2)27(25,26)19-7-5-6-17(14-19)20(24)22-12-10-18(11-13-22)21-15-16-8-9-16;/h5-7,14,16,18,21H,3-4,8-13,15H2,1-2H3;1H. The van der Waals surface area contributed by atoms with Crippen LogP contribution in [0.5, 0.6) is 0 Å². The summed E-state index contributed by atoms with van der Waals surface area (Å²) in [5.41, 5.74) is 0.452. The van der Waals surface area contributed by atoms with Crippen molar-refractivity contribution in [3.63, 3.8) is 0 Å². The number of piperidine rings is 1. The molecule has 158 valence electrons. The fraction of sp³-hybridized carbons (Fsp3) is 0.650. The third-order valence-electron chi connectivity index (χ3n) is 5.60. The molecule has 1 aliphatic carbocycles. The van der Waals surface area contributed by atoms with E-state index >= 15 is 0 Å². The average molecular weight is 430 g/mol. The van der Waals surface area contributed by atoms with Gasteiger partial charge in [0.2, 0.25) is 10.0 Å². The minimum atomic E-state index is -3.55. The van der Waals surface area contributed by atoms with E-state index in [1.54, 1.807) is 18.2 Å². The van der Waals surface area contributed by atoms with Gasteiger partial charge in [-0.1, -0.05) is 19.9 Å². The monoisotopic (exact) mass is 429 g/mol. The Balaban J connectivity index is 0.00000280. The Labute approximate surface area is 175 Å². The van der Waals surface area contributed by atoms with E-state index < -0.39 is 10.0 Å². The van der Waals surface area contributed by atoms with E-state index in [9.17, 15) is 13.2 Å². The van der Waals surface area contributed by atoms with Gasteiger partial charge < -0.3 is 10.2 Å². The van der Waals surface area contributed by atoms with E-state index in [0.29, 0.717) is 37.8 Å². The normalized spacial score (nSPS) is 18.2. The summed E-state index contributed by atoms with van der Waals surface area (Å²) in [6, 6.07) is 6.95. The van der Waals surface area contributed by atoms with Crippen LogP contribution in [0.15, 0.2) is 29.2 Å². The summed E-state index contributed by atoms with van der Waals surface area (Å²) < 4.78 is 26.8. The molecule has 6 nitrogen and oxygen atoms in total. The van der Waals surface area contributed by atoms with Crippen LogP contribution in [0.2, 0.25) is 0 Å². The Morgan fingerprint density at radius 3 is 2.36 bits per heavy atom. The number of nitrogens with zero attached hydrogens (tertiary/aromatic N) is 2. The maximum atomic E-state index is 12.9. The zero-order valence-corrected chi connectivity index (χ0v) is 18.4. The first kappa shape index (κ1) is 23.1. The fourth-order valence-corrected chi connectivity index (χ4v) is 5.13. The van der Waals surface area contributed by atoms with E-state index in [1.807, 2.05) is 18.7 Å². The number of carbonyl (C=O) groups excluding carboxylic acids is 1. The van der Waals surface area contributed by atoms with Gasteiger partial charge in [-0.2, -0.15) is 4.31 Å². The van der Waals surface area contributed by atoms with Gasteiger partial charge in [0.05, 0.1) is 4.90 Å². The third-order valence-corrected chi connectivity index (χ3v) is 7.64. The molecule has 1 aromatic carbocycles. The van der Waals surface area contributed by atoms with Gasteiger partial charge >= 0.3 is 0 Å². The maximum absolute atomic E-state index is 12.9. The number of sulfonamides is 1. The Hall–Kier alpha value is -1.15. The molecular formula is C20H32ClN3O3S. The Morgan fingerprint density at radius 1 is 1.14 bits per heavy atom. The quantitative estimate of drug-likeness (QED) is 0.689. The minimum Gasteiger partial charge on any atom is -0.339 e. The van der Waals surface area contributed by atoms with Crippen molar-refractivity contribution in [3.05, 3.63) is 29.8 Å². The molecule has 1 N–H and O–H groups in total. The second-order valence-electron chi connectivity index (χ2n) is 7.54. The molecule has 1 saturated carbocycles. The van der Waals surface area contributed by atoms with Crippen molar-refractivity contribution in [2.45, 2.75) is 50.5 Å². The molecule has 28 heavy (non-hydrogen) atoms. The first-order valence-corrected chi connectivity index (χ1v) is 11.5. The van der Waals surface area contributed by atoms with Gasteiger partial charge in [0.25, 0.3) is 5.91 Å². The predicted octanol–water partition coefficient (Wildman–Crippen LogP) is 2.74. The van der Waals surface area contributed by atoms with Gasteiger partial charge in [-0.25, -0.2) is 8.42 Å². The van der Waals surface area contributed by atoms with Gasteiger partial charge in [-0.05, 0) is 56.3 Å². The first-order valence-electron chi connectivity index (χ1n) is 10.1. The lowest BCUT2D eigenvalue weighted by Crippen LogP contribution is -2.45. The van der Waals surface area contributed by atoms with Crippen LogP contribution in [-0.4, -0.2) is 62.3 Å². The highest BCUT2D eigenvalue weighted by Gasteiger charge is 2.27. The fourth-order valence-electron chi connectivity index (χ4n) is 3.63. The number of carbonyl (C=O) groups is 1. The summed E-state index contributed by atoms with van der Waals surface area (Å²) in [6.07, 6.45) is 4.60. The molecule has 0 unspecified atom stereocenters. The van der Waals surface area contributed by atoms with E-state index in [0.717, 1.165) is 25.3 Å². The SMILES string of the molecule is CCN(CC)S(=O)(=O)c1cccc(C(=O)N2CCC(NCC3CC3)CC2)c1.Cl. The first-order chi connectivity index (χ1) is 13.0. The largest absolute Gasteiger partial charge is 0.339 e. The third kappa shape index (κ3) is 5.47. The average Bonchev–Trinajstić information content (AvgIpc) is 3.51. The number of amides is 1. The topological polar surface area (TPSA) is 69.7 Å². The molecular weight excluding hydrogens is 398 g/mol. The van der Waals surface area contributed by atoms with Crippen LogP contribution < -0.4 is 5.32 Å². The molecule has 0 radical (unpaired) electrons. The lowest BCUT2D eigenvalue weighted by Gasteiger charge is -2.32. The summed E-state index contributed by atoms with van der Waals surface area (Å²) in [7, 11) is -3.55. The Bertz CT molecular complexity index is 756. The van der Waals surface area contributed by atoms with Crippen molar-refractivity contribution in [1.82, 2.24) is 14.5 Å². The molecule has 1 heterocycles. The van der Waals surface area contributed by atoms with Gasteiger partial charge in [0.15, 0.2) is 0 Å². The summed E-state index contributed by atoms with van der Waals surface area (Å²) in [4.78, 5) is 14.9. The van der Waals surface area contributed by atoms with Crippen LogP contribution >= 0.6 is 12.4 Å². The highest BCUT2D eigenvalue weighted by molar-refractivity contribution is 7.89. The molecule has 1 aliphatic heterocycles. The lowest BCUT2D eigenvalue weighted by atomic mass is 10.0. The highest BCUT2D eigenvalue weighted by atomic mass is 35.5. The van der Waals surface area contributed by atoms with Crippen molar-refractivity contribution >= 4 is 28.3 Å². The number of halogens is 1. The molecule has 1 saturated heterocycles. The van der Waals surface area contributed by atoms with Gasteiger partial charge in [0, 0.05) is 37.8 Å². The van der Waals surface area contributed by atoms with E-state index in [2.05, 4.69) is 5.32 Å². The van der Waals surface area contributed by atoms with Crippen molar-refractivity contribution in [1.29, 1.82) is 0 Å². The maximum Gasteiger partial charge on any atom is 0.253 e. The van der Waals surface area contributed by atoms with Crippen molar-refractivity contribution < 1.29 is 13.2 Å². The summed E-state index contributed by atoms with van der Waals surface area (Å²) in [5.74, 6) is 0.785. The number of hydrogen-bond acceptors (Lipinski definition) is 4. The smallest absolute Gasteiger partial charge is 0.253 e. The molecule has 0 aromatic heterocycles. The van der Waals surface area contributed by atoms with Crippen LogP contribution in [-0.2, 0) is 10.0 Å². The van der Waals surface area contributed by atoms with Crippen molar-refractivity contribution in [2.24, 2.45) is 5.92 Å². The van der Waals surface area contributed by atoms with Crippen LogP contribution in [0.1, 0.15) is 49.9 Å². The van der Waals surface area contributed by atoms with Crippen molar-refractivity contribution in [2.75, 3.05) is 32.7 Å². The zero-order valence-electron chi connectivity index (χ0n) is 16.8. The van der Waals surface area contributed by atoms with Crippen LogP contribution in [0.25, 0.3) is 0 Å². The second kappa shape index (κ2) is 10.1. The summed E-state index contributed by atoms with van der Waals surface area (Å²) >= 11 is 0. The zero-order chi connectivity index (χ0) is 19.4. The number of hydrogen-bond donors (Lipinski definition) is 1. The predicted molar refractivity (Wildman–Crippen MR) is 113 cm³/mol. The molecule has 8 heteroatoms. The van der Waals surface area contributed by atoms with Crippen LogP contribution in [0, 0.1) is 5.92 Å². The van der Waals surface area contributed by atoms with Gasteiger partial charge in [-0.3, -0.25) is 4.79 Å². The molecule has 3 rings (SSSR count). The second-order valence-corrected chi connectivity index (χ2v) is 9.47. The van der Waals surface area contributed by atoms with E-state index in [1.165, 1.54) is 23.2 Å². The lowest BCUT2D eigenvalue weighted by molar-refractivity contribution is 0.0704. The molecule has 0 atom stereocenters. The van der Waals surface area contributed by atoms with Crippen LogP contribution in [0.3, 0.4) is 0 Å². The highest BCUT2D eigenvalue weighted by Crippen LogP contribution is 2.28. The van der Waals surface area contributed by atoms with E-state index in [4.69, 9.17) is 0 Å². The molecule has 0 spiro atoms. The molecule has 1 aromatic rings. The Kier molecular flexibility index (Phi) is 8.30. The minimum absolute atomic E-state index is 0. The number of nitrogens with one attached hydrogen (secondary N) is 1. The molecule has 2 aliphatic rings. The summed E-state index contributed by atoms with van der Waals surface area (Å²) in [6.45, 7) is 7.00. The van der Waals surface area contributed by atoms with Crippen molar-refractivity contribution in [3.8, 4) is 0 Å². The Morgan fingerprint density at radius 2 is 1.79 bits per heavy atom. The molecule has 1 amide bonds. The summed E-state index contributed by atoms with van der Waals surface area (Å²) in [5, 5.41) is 3.61. The van der Waals surface area contributed by atoms with Gasteiger partial charge in [0.1, 0.15) is 0 Å². The number of rotatable bonds is 8. The molecule has 2 fully saturated rings. The number of benzene rings is 1. The molecule has 0 bridgehead atoms. The van der Waals surface area contributed by atoms with Crippen LogP contribution in [0.4, 0.5) is 0 Å². The number of likely N-dealkylation sites (tertiary alicyclic amines) is 1.